The Labute approximate surface area is 185 Å². The Kier molecular flexibility index (Phi) is 9.83. The van der Waals surface area contributed by atoms with Gasteiger partial charge in [0.1, 0.15) is 0 Å². The zero-order valence-electron chi connectivity index (χ0n) is 19.3. The van der Waals surface area contributed by atoms with Gasteiger partial charge >= 0.3 is 29.3 Å². The molecule has 0 aromatic rings. The molecule has 0 aliphatic carbocycles. The Morgan fingerprint density at radius 1 is 0.871 bits per heavy atom. The van der Waals surface area contributed by atoms with Gasteiger partial charge in [-0.25, -0.2) is 19.2 Å². The minimum atomic E-state index is -1.82. The molecule has 0 saturated carbocycles. The molecule has 178 valence electrons. The Bertz CT molecular complexity index is 705. The number of hydrogen-bond donors (Lipinski definition) is 1. The maximum Gasteiger partial charge on any atom is 0.443 e. The number of carboxylic acid groups (broad SMARTS) is 1. The summed E-state index contributed by atoms with van der Waals surface area (Å²) in [7, 11) is 0.983. The molecule has 0 spiro atoms. The number of hydrogen-bond acceptors (Lipinski definition) is 10. The van der Waals surface area contributed by atoms with Gasteiger partial charge in [0.2, 0.25) is 6.79 Å². The highest BCUT2D eigenvalue weighted by atomic mass is 32.2. The smallest absolute Gasteiger partial charge is 0.443 e. The minimum absolute atomic E-state index is 0.274. The average molecular weight is 466 g/mol. The molecular formula is C19H31NO10S. The monoisotopic (exact) mass is 465 g/mol. The molecule has 0 unspecified atom stereocenters. The first-order valence-corrected chi connectivity index (χ1v) is 10.0. The fourth-order valence-corrected chi connectivity index (χ4v) is 2.68. The van der Waals surface area contributed by atoms with Gasteiger partial charge in [-0.3, -0.25) is 4.79 Å². The number of carboxylic acids is 1. The molecule has 0 aliphatic rings. The summed E-state index contributed by atoms with van der Waals surface area (Å²) in [5, 5.41) is 9.02. The fraction of sp³-hybridized carbons (Fsp3) is 0.737. The average Bonchev–Trinajstić information content (AvgIpc) is 2.57. The van der Waals surface area contributed by atoms with Crippen molar-refractivity contribution in [3.63, 3.8) is 0 Å². The van der Waals surface area contributed by atoms with Crippen molar-refractivity contribution in [1.82, 2.24) is 5.06 Å². The van der Waals surface area contributed by atoms with E-state index in [1.165, 1.54) is 34.6 Å². The Morgan fingerprint density at radius 2 is 1.35 bits per heavy atom. The van der Waals surface area contributed by atoms with Gasteiger partial charge in [0.25, 0.3) is 0 Å². The van der Waals surface area contributed by atoms with Crippen LogP contribution in [0.25, 0.3) is 0 Å². The van der Waals surface area contributed by atoms with Crippen LogP contribution in [0.4, 0.5) is 9.59 Å². The van der Waals surface area contributed by atoms with Crippen LogP contribution in [-0.2, 0) is 33.4 Å². The lowest BCUT2D eigenvalue weighted by molar-refractivity contribution is -0.205. The number of methoxy groups -OCH3 is 1. The maximum atomic E-state index is 12.2. The third-order valence-corrected chi connectivity index (χ3v) is 4.63. The van der Waals surface area contributed by atoms with Crippen molar-refractivity contribution >= 4 is 41.1 Å². The summed E-state index contributed by atoms with van der Waals surface area (Å²) >= 11 is 0.414. The highest BCUT2D eigenvalue weighted by Crippen LogP contribution is 2.34. The van der Waals surface area contributed by atoms with E-state index in [-0.39, 0.29) is 5.06 Å². The molecule has 0 saturated heterocycles. The summed E-state index contributed by atoms with van der Waals surface area (Å²) in [6.45, 7) is 11.4. The lowest BCUT2D eigenvalue weighted by Crippen LogP contribution is -2.56. The zero-order chi connectivity index (χ0) is 24.8. The number of nitrogens with zero attached hydrogens (tertiary/aromatic N) is 1. The van der Waals surface area contributed by atoms with Crippen molar-refractivity contribution in [3.05, 3.63) is 0 Å². The third-order valence-electron chi connectivity index (χ3n) is 3.60. The van der Waals surface area contributed by atoms with Gasteiger partial charge in [-0.2, -0.15) is 0 Å². The summed E-state index contributed by atoms with van der Waals surface area (Å²) in [5.74, 6) is -3.04. The van der Waals surface area contributed by atoms with Gasteiger partial charge in [0, 0.05) is 0 Å². The first kappa shape index (κ1) is 28.5. The summed E-state index contributed by atoms with van der Waals surface area (Å²) in [6.07, 6.45) is -1.24. The number of rotatable bonds is 6. The van der Waals surface area contributed by atoms with Gasteiger partial charge in [-0.05, 0) is 67.2 Å². The molecule has 0 rings (SSSR count). The number of thioether (sulfide) groups is 1. The molecule has 0 bridgehead atoms. The molecule has 0 aromatic carbocycles. The summed E-state index contributed by atoms with van der Waals surface area (Å²) in [4.78, 5) is 65.3. The predicted molar refractivity (Wildman–Crippen MR) is 110 cm³/mol. The second-order valence-electron chi connectivity index (χ2n) is 9.06. The molecule has 0 heterocycles. The molecule has 11 nitrogen and oxygen atoms in total. The Balaban J connectivity index is 5.50. The lowest BCUT2D eigenvalue weighted by Gasteiger charge is -2.36. The number of aliphatic carboxylic acids is 1. The molecule has 12 heteroatoms. The topological polar surface area (TPSA) is 146 Å². The van der Waals surface area contributed by atoms with Gasteiger partial charge in [0.05, 0.1) is 22.7 Å². The molecule has 0 aromatic heterocycles. The van der Waals surface area contributed by atoms with E-state index in [0.717, 1.165) is 7.11 Å². The van der Waals surface area contributed by atoms with Gasteiger partial charge in [0.15, 0.2) is 6.04 Å². The molecule has 1 atom stereocenters. The first-order chi connectivity index (χ1) is 13.8. The normalized spacial score (nSPS) is 12.9. The van der Waals surface area contributed by atoms with Crippen LogP contribution in [0.2, 0.25) is 0 Å². The van der Waals surface area contributed by atoms with Crippen LogP contribution in [0.3, 0.4) is 0 Å². The lowest BCUT2D eigenvalue weighted by atomic mass is 9.97. The van der Waals surface area contributed by atoms with Gasteiger partial charge < -0.3 is 24.2 Å². The van der Waals surface area contributed by atoms with Crippen LogP contribution in [0.15, 0.2) is 0 Å². The van der Waals surface area contributed by atoms with Crippen LogP contribution < -0.4 is 0 Å². The van der Waals surface area contributed by atoms with Crippen LogP contribution in [0, 0.1) is 10.8 Å². The van der Waals surface area contributed by atoms with Crippen molar-refractivity contribution in [2.24, 2.45) is 10.8 Å². The van der Waals surface area contributed by atoms with E-state index >= 15 is 0 Å². The maximum absolute atomic E-state index is 12.2. The highest BCUT2D eigenvalue weighted by Gasteiger charge is 2.48. The van der Waals surface area contributed by atoms with Crippen molar-refractivity contribution < 1.29 is 48.1 Å². The highest BCUT2D eigenvalue weighted by molar-refractivity contribution is 8.14. The number of amides is 1. The second kappa shape index (κ2) is 10.7. The Morgan fingerprint density at radius 3 is 1.74 bits per heavy atom. The van der Waals surface area contributed by atoms with Crippen LogP contribution in [-0.4, -0.2) is 64.2 Å². The SMILES string of the molecule is COC(=O)N(OC(=O)C(C)(C)C)[C@@H](C(=O)O)C(C)(C)SC(=O)OCOC(=O)C(C)(C)C. The number of carbonyl (C=O) groups excluding carboxylic acids is 4. The molecule has 1 N–H and O–H groups in total. The minimum Gasteiger partial charge on any atom is -0.480 e. The quantitative estimate of drug-likeness (QED) is 0.350. The van der Waals surface area contributed by atoms with E-state index in [0.29, 0.717) is 11.8 Å². The molecule has 0 radical (unpaired) electrons. The van der Waals surface area contributed by atoms with Crippen LogP contribution in [0.1, 0.15) is 55.4 Å². The zero-order valence-corrected chi connectivity index (χ0v) is 20.1. The van der Waals surface area contributed by atoms with Gasteiger partial charge in [-0.15, -0.1) is 5.06 Å². The molecule has 31 heavy (non-hydrogen) atoms. The Hall–Kier alpha value is -2.50. The van der Waals surface area contributed by atoms with Crippen molar-refractivity contribution in [1.29, 1.82) is 0 Å². The standard InChI is InChI=1S/C19H31NO10S/c1-17(2,3)13(23)28-10-29-16(26)31-19(7,8)11(12(21)22)20(15(25)27-9)30-14(24)18(4,5)6/h11H,10H2,1-9H3,(H,21,22)/t11-/m0/s1. The summed E-state index contributed by atoms with van der Waals surface area (Å²) < 4.78 is 12.6. The molecular weight excluding hydrogens is 434 g/mol. The summed E-state index contributed by atoms with van der Waals surface area (Å²) in [5.41, 5.74) is -1.85. The van der Waals surface area contributed by atoms with Crippen LogP contribution in [0.5, 0.6) is 0 Å². The fourth-order valence-electron chi connectivity index (χ4n) is 1.84. The van der Waals surface area contributed by atoms with Crippen molar-refractivity contribution in [2.45, 2.75) is 66.2 Å². The van der Waals surface area contributed by atoms with E-state index in [9.17, 15) is 29.1 Å². The number of ether oxygens (including phenoxy) is 3. The third kappa shape index (κ3) is 9.03. The molecule has 1 amide bonds. The molecule has 0 aliphatic heterocycles. The number of hydroxylamine groups is 2. The van der Waals surface area contributed by atoms with Gasteiger partial charge in [-0.1, -0.05) is 0 Å². The summed E-state index contributed by atoms with van der Waals surface area (Å²) in [6, 6.07) is -1.82. The van der Waals surface area contributed by atoms with Crippen molar-refractivity contribution in [2.75, 3.05) is 13.9 Å². The first-order valence-electron chi connectivity index (χ1n) is 9.20. The second-order valence-corrected chi connectivity index (χ2v) is 10.7. The van der Waals surface area contributed by atoms with E-state index in [2.05, 4.69) is 4.74 Å². The number of carbonyl (C=O) groups is 5. The number of esters is 1. The van der Waals surface area contributed by atoms with E-state index in [1.807, 2.05) is 0 Å². The van der Waals surface area contributed by atoms with Crippen molar-refractivity contribution in [3.8, 4) is 0 Å². The predicted octanol–water partition coefficient (Wildman–Crippen LogP) is 3.21. The molecule has 0 fully saturated rings. The van der Waals surface area contributed by atoms with Crippen LogP contribution >= 0.6 is 11.8 Å². The van der Waals surface area contributed by atoms with E-state index in [4.69, 9.17) is 14.3 Å². The van der Waals surface area contributed by atoms with E-state index in [1.54, 1.807) is 20.8 Å². The van der Waals surface area contributed by atoms with E-state index < -0.39 is 57.7 Å². The largest absolute Gasteiger partial charge is 0.480 e.